The van der Waals surface area contributed by atoms with Crippen LogP contribution in [-0.2, 0) is 14.3 Å². The van der Waals surface area contributed by atoms with Gasteiger partial charge in [0, 0.05) is 12.5 Å². The molecular weight excluding hydrogens is 478 g/mol. The van der Waals surface area contributed by atoms with Crippen molar-refractivity contribution in [1.82, 2.24) is 0 Å². The van der Waals surface area contributed by atoms with E-state index in [0.29, 0.717) is 36.7 Å². The first-order valence-electron chi connectivity index (χ1n) is 15.1. The molecule has 0 aliphatic heterocycles. The summed E-state index contributed by atoms with van der Waals surface area (Å²) >= 11 is 0. The van der Waals surface area contributed by atoms with Crippen LogP contribution < -0.4 is 5.73 Å². The second-order valence-electron chi connectivity index (χ2n) is 14.6. The smallest absolute Gasteiger partial charge is 0.303 e. The van der Waals surface area contributed by atoms with Gasteiger partial charge in [0.25, 0.3) is 0 Å². The van der Waals surface area contributed by atoms with Gasteiger partial charge in [0.15, 0.2) is 5.78 Å². The van der Waals surface area contributed by atoms with E-state index in [9.17, 15) is 19.8 Å². The van der Waals surface area contributed by atoms with Crippen LogP contribution >= 0.6 is 0 Å². The fraction of sp³-hybridized carbons (Fsp3) is 0.875. The molecule has 0 bridgehead atoms. The molecule has 0 saturated heterocycles. The number of esters is 1. The van der Waals surface area contributed by atoms with Gasteiger partial charge in [0.05, 0.1) is 12.2 Å². The summed E-state index contributed by atoms with van der Waals surface area (Å²) in [5.41, 5.74) is 7.15. The zero-order valence-electron chi connectivity index (χ0n) is 25.1. The van der Waals surface area contributed by atoms with Gasteiger partial charge in [-0.1, -0.05) is 48.0 Å². The minimum absolute atomic E-state index is 0.0116. The lowest BCUT2D eigenvalue weighted by Crippen LogP contribution is -2.72. The Morgan fingerprint density at radius 3 is 2.29 bits per heavy atom. The Bertz CT molecular complexity index is 990. The number of carbonyl (C=O) groups is 2. The largest absolute Gasteiger partial charge is 0.458 e. The van der Waals surface area contributed by atoms with E-state index in [2.05, 4.69) is 41.5 Å². The molecule has 0 aromatic rings. The minimum atomic E-state index is -0.945. The second kappa shape index (κ2) is 9.99. The van der Waals surface area contributed by atoms with Crippen molar-refractivity contribution in [2.75, 3.05) is 0 Å². The molecule has 0 aromatic carbocycles. The van der Waals surface area contributed by atoms with Gasteiger partial charge < -0.3 is 20.7 Å². The number of rotatable bonds is 6. The number of aliphatic hydroxyl groups is 2. The van der Waals surface area contributed by atoms with Crippen molar-refractivity contribution < 1.29 is 24.5 Å². The van der Waals surface area contributed by atoms with Crippen molar-refractivity contribution in [2.45, 2.75) is 137 Å². The topological polar surface area (TPSA) is 110 Å². The predicted molar refractivity (Wildman–Crippen MR) is 149 cm³/mol. The van der Waals surface area contributed by atoms with Gasteiger partial charge in [-0.15, -0.1) is 0 Å². The average molecular weight is 532 g/mol. The highest BCUT2D eigenvalue weighted by molar-refractivity contribution is 5.95. The quantitative estimate of drug-likeness (QED) is 0.316. The zero-order chi connectivity index (χ0) is 28.4. The first-order valence-corrected chi connectivity index (χ1v) is 15.1. The molecule has 0 radical (unpaired) electrons. The first kappa shape index (κ1) is 29.7. The standard InChI is InChI=1S/C32H53NO5/c1-18(2)10-9-11-22(20(4)34)27-26(38-21(5)35)17-31(8)30(7)15-12-23-19(3)24(36)13-14-29(23,6)28(30)25(37)16-32(27,31)33/h18-19,23-26,28,36-37H,9-17,33H2,1-8H3/b27-22+/t19-,23-,24+,25+,26-,28-,29-,30-,31+,32+/m0/s1. The van der Waals surface area contributed by atoms with Crippen LogP contribution in [0.3, 0.4) is 0 Å². The van der Waals surface area contributed by atoms with Crippen LogP contribution in [0.2, 0.25) is 0 Å². The summed E-state index contributed by atoms with van der Waals surface area (Å²) in [5, 5.41) is 22.8. The Kier molecular flexibility index (Phi) is 7.82. The number of hydrogen-bond acceptors (Lipinski definition) is 6. The molecule has 6 heteroatoms. The summed E-state index contributed by atoms with van der Waals surface area (Å²) < 4.78 is 5.98. The van der Waals surface area contributed by atoms with Gasteiger partial charge in [0.1, 0.15) is 6.10 Å². The third-order valence-electron chi connectivity index (χ3n) is 12.3. The van der Waals surface area contributed by atoms with E-state index >= 15 is 0 Å². The monoisotopic (exact) mass is 531 g/mol. The molecule has 0 spiro atoms. The SMILES string of the molecule is CC(=O)O[C@H]1C[C@@]2(C)[C@@](N)(C[C@@H](O)[C@H]3[C@@]4(C)CC[C@@H](O)[C@@H](C)[C@@H]4CC[C@@]32C)/C1=C(\CCCC(C)C)C(C)=O. The fourth-order valence-corrected chi connectivity index (χ4v) is 10.3. The second-order valence-corrected chi connectivity index (χ2v) is 14.6. The van der Waals surface area contributed by atoms with Crippen molar-refractivity contribution >= 4 is 11.8 Å². The highest BCUT2D eigenvalue weighted by atomic mass is 16.5. The molecule has 4 fully saturated rings. The lowest BCUT2D eigenvalue weighted by molar-refractivity contribution is -0.238. The summed E-state index contributed by atoms with van der Waals surface area (Å²) in [4.78, 5) is 25.5. The van der Waals surface area contributed by atoms with Crippen LogP contribution in [0, 0.1) is 39.9 Å². The lowest BCUT2D eigenvalue weighted by atomic mass is 9.35. The number of allylic oxidation sites excluding steroid dienone is 1. The molecule has 0 amide bonds. The Morgan fingerprint density at radius 2 is 1.71 bits per heavy atom. The van der Waals surface area contributed by atoms with E-state index in [0.717, 1.165) is 44.1 Å². The molecule has 0 heterocycles. The van der Waals surface area contributed by atoms with Gasteiger partial charge in [-0.2, -0.15) is 0 Å². The number of hydrogen-bond donors (Lipinski definition) is 3. The summed E-state index contributed by atoms with van der Waals surface area (Å²) in [6, 6.07) is 0. The summed E-state index contributed by atoms with van der Waals surface area (Å²) in [6.07, 6.45) is 5.44. The van der Waals surface area contributed by atoms with Gasteiger partial charge in [0.2, 0.25) is 0 Å². The van der Waals surface area contributed by atoms with Crippen LogP contribution in [0.25, 0.3) is 0 Å². The molecule has 0 unspecified atom stereocenters. The maximum atomic E-state index is 13.2. The molecule has 4 rings (SSSR count). The van der Waals surface area contributed by atoms with E-state index in [1.54, 1.807) is 6.92 Å². The van der Waals surface area contributed by atoms with Gasteiger partial charge in [-0.25, -0.2) is 0 Å². The fourth-order valence-electron chi connectivity index (χ4n) is 10.3. The van der Waals surface area contributed by atoms with Crippen LogP contribution in [-0.4, -0.2) is 45.8 Å². The highest BCUT2D eigenvalue weighted by Gasteiger charge is 2.75. The van der Waals surface area contributed by atoms with Crippen molar-refractivity contribution in [1.29, 1.82) is 0 Å². The molecule has 4 aliphatic rings. The number of ketones is 1. The van der Waals surface area contributed by atoms with Crippen molar-refractivity contribution in [3.63, 3.8) is 0 Å². The molecule has 10 atom stereocenters. The van der Waals surface area contributed by atoms with Crippen LogP contribution in [0.1, 0.15) is 113 Å². The lowest BCUT2D eigenvalue weighted by Gasteiger charge is -2.70. The van der Waals surface area contributed by atoms with Crippen molar-refractivity contribution in [2.24, 2.45) is 45.7 Å². The predicted octanol–water partition coefficient (Wildman–Crippen LogP) is 5.33. The van der Waals surface area contributed by atoms with E-state index in [1.807, 2.05) is 0 Å². The van der Waals surface area contributed by atoms with Gasteiger partial charge >= 0.3 is 5.97 Å². The normalized spacial score (nSPS) is 47.7. The number of carbonyl (C=O) groups excluding carboxylic acids is 2. The molecule has 4 N–H and O–H groups in total. The van der Waals surface area contributed by atoms with E-state index in [4.69, 9.17) is 10.5 Å². The average Bonchev–Trinajstić information content (AvgIpc) is 3.00. The van der Waals surface area contributed by atoms with E-state index in [-0.39, 0.29) is 40.5 Å². The minimum Gasteiger partial charge on any atom is -0.458 e. The first-order chi connectivity index (χ1) is 17.5. The molecule has 38 heavy (non-hydrogen) atoms. The zero-order valence-corrected chi connectivity index (χ0v) is 25.1. The van der Waals surface area contributed by atoms with Crippen LogP contribution in [0.4, 0.5) is 0 Å². The number of aliphatic hydroxyl groups excluding tert-OH is 2. The highest BCUT2D eigenvalue weighted by Crippen LogP contribution is 2.75. The van der Waals surface area contributed by atoms with Crippen LogP contribution in [0.15, 0.2) is 11.1 Å². The third kappa shape index (κ3) is 4.23. The summed E-state index contributed by atoms with van der Waals surface area (Å²) in [5.74, 6) is 0.711. The number of fused-ring (bicyclic) bond motifs is 5. The molecule has 216 valence electrons. The number of ether oxygens (including phenoxy) is 1. The molecule has 6 nitrogen and oxygen atoms in total. The van der Waals surface area contributed by atoms with Crippen LogP contribution in [0.5, 0.6) is 0 Å². The van der Waals surface area contributed by atoms with Crippen molar-refractivity contribution in [3.05, 3.63) is 11.1 Å². The molecular formula is C32H53NO5. The van der Waals surface area contributed by atoms with E-state index < -0.39 is 23.2 Å². The third-order valence-corrected chi connectivity index (χ3v) is 12.3. The maximum absolute atomic E-state index is 13.2. The van der Waals surface area contributed by atoms with E-state index in [1.165, 1.54) is 6.92 Å². The number of nitrogens with two attached hydrogens (primary N) is 1. The number of Topliss-reactive ketones (excluding diaryl/α,β-unsaturated/α-hetero) is 1. The maximum Gasteiger partial charge on any atom is 0.303 e. The van der Waals surface area contributed by atoms with Gasteiger partial charge in [-0.3, -0.25) is 9.59 Å². The van der Waals surface area contributed by atoms with Crippen molar-refractivity contribution in [3.8, 4) is 0 Å². The molecule has 0 aromatic heterocycles. The summed E-state index contributed by atoms with van der Waals surface area (Å²) in [6.45, 7) is 16.4. The molecule has 4 aliphatic carbocycles. The van der Waals surface area contributed by atoms with Gasteiger partial charge in [-0.05, 0) is 109 Å². The Morgan fingerprint density at radius 1 is 1.05 bits per heavy atom. The summed E-state index contributed by atoms with van der Waals surface area (Å²) in [7, 11) is 0. The molecule has 4 saturated carbocycles. The Labute approximate surface area is 230 Å². The Balaban J connectivity index is 1.86. The Hall–Kier alpha value is -1.24.